The van der Waals surface area contributed by atoms with Gasteiger partial charge < -0.3 is 10.2 Å². The molecule has 3 nitrogen and oxygen atoms in total. The molecule has 0 saturated heterocycles. The first-order valence-corrected chi connectivity index (χ1v) is 6.79. The van der Waals surface area contributed by atoms with Crippen LogP contribution < -0.4 is 10.2 Å². The minimum atomic E-state index is 0.824. The third kappa shape index (κ3) is 2.61. The molecule has 19 heavy (non-hydrogen) atoms. The van der Waals surface area contributed by atoms with Gasteiger partial charge in [0, 0.05) is 18.8 Å². The van der Waals surface area contributed by atoms with Crippen molar-refractivity contribution in [1.82, 2.24) is 10.3 Å². The molecule has 1 aromatic carbocycles. The Morgan fingerprint density at radius 2 is 1.95 bits per heavy atom. The lowest BCUT2D eigenvalue weighted by atomic mass is 10.2. The summed E-state index contributed by atoms with van der Waals surface area (Å²) in [5.41, 5.74) is 5.06. The molecule has 0 unspecified atom stereocenters. The molecule has 1 N–H and O–H groups in total. The van der Waals surface area contributed by atoms with Crippen LogP contribution in [0.1, 0.15) is 17.0 Å². The highest BCUT2D eigenvalue weighted by atomic mass is 15.2. The molecule has 2 heterocycles. The van der Waals surface area contributed by atoms with Crippen LogP contribution in [0.15, 0.2) is 42.5 Å². The predicted octanol–water partition coefficient (Wildman–Crippen LogP) is 2.36. The van der Waals surface area contributed by atoms with E-state index >= 15 is 0 Å². The van der Waals surface area contributed by atoms with Crippen molar-refractivity contribution in [3.05, 3.63) is 59.4 Å². The molecule has 0 fully saturated rings. The van der Waals surface area contributed by atoms with Crippen molar-refractivity contribution < 1.29 is 0 Å². The predicted molar refractivity (Wildman–Crippen MR) is 78.2 cm³/mol. The van der Waals surface area contributed by atoms with Crippen LogP contribution in [0.5, 0.6) is 0 Å². The maximum atomic E-state index is 4.69. The average molecular weight is 253 g/mol. The lowest BCUT2D eigenvalue weighted by Crippen LogP contribution is -2.20. The van der Waals surface area contributed by atoms with Gasteiger partial charge in [0.15, 0.2) is 0 Å². The van der Waals surface area contributed by atoms with E-state index in [2.05, 4.69) is 52.7 Å². The molecule has 0 atom stereocenters. The van der Waals surface area contributed by atoms with E-state index in [1.54, 1.807) is 0 Å². The fraction of sp³-hybridized carbons (Fsp3) is 0.312. The fourth-order valence-corrected chi connectivity index (χ4v) is 2.66. The summed E-state index contributed by atoms with van der Waals surface area (Å²) < 4.78 is 0. The van der Waals surface area contributed by atoms with Crippen molar-refractivity contribution in [2.45, 2.75) is 19.5 Å². The molecule has 98 valence electrons. The molecule has 1 aliphatic rings. The lowest BCUT2D eigenvalue weighted by molar-refractivity contribution is 0.763. The van der Waals surface area contributed by atoms with Gasteiger partial charge in [-0.1, -0.05) is 24.3 Å². The fourth-order valence-electron chi connectivity index (χ4n) is 2.66. The molecule has 1 aromatic heterocycles. The van der Waals surface area contributed by atoms with Crippen LogP contribution in [-0.2, 0) is 19.5 Å². The van der Waals surface area contributed by atoms with E-state index in [0.717, 1.165) is 37.4 Å². The first-order valence-electron chi connectivity index (χ1n) is 6.79. The largest absolute Gasteiger partial charge is 0.365 e. The Bertz CT molecular complexity index is 565. The first-order chi connectivity index (χ1) is 9.36. The highest BCUT2D eigenvalue weighted by molar-refractivity contribution is 5.57. The molecule has 0 bridgehead atoms. The van der Waals surface area contributed by atoms with E-state index in [0.29, 0.717) is 0 Å². The summed E-state index contributed by atoms with van der Waals surface area (Å²) in [5, 5.41) is 3.14. The van der Waals surface area contributed by atoms with Crippen LogP contribution in [0, 0.1) is 0 Å². The van der Waals surface area contributed by atoms with Crippen molar-refractivity contribution >= 4 is 5.69 Å². The topological polar surface area (TPSA) is 28.2 Å². The molecule has 3 heteroatoms. The minimum absolute atomic E-state index is 0.824. The summed E-state index contributed by atoms with van der Waals surface area (Å²) >= 11 is 0. The number of pyridine rings is 1. The summed E-state index contributed by atoms with van der Waals surface area (Å²) in [6, 6.07) is 14.9. The van der Waals surface area contributed by atoms with Crippen molar-refractivity contribution in [2.24, 2.45) is 0 Å². The first kappa shape index (κ1) is 12.2. The molecule has 0 spiro atoms. The van der Waals surface area contributed by atoms with E-state index in [1.165, 1.54) is 11.3 Å². The van der Waals surface area contributed by atoms with Gasteiger partial charge in [-0.3, -0.25) is 4.98 Å². The Labute approximate surface area is 114 Å². The Hall–Kier alpha value is -1.87. The maximum Gasteiger partial charge on any atom is 0.0602 e. The van der Waals surface area contributed by atoms with Gasteiger partial charge in [-0.25, -0.2) is 0 Å². The number of para-hydroxylation sites is 1. The number of aromatic nitrogens is 1. The van der Waals surface area contributed by atoms with Crippen LogP contribution >= 0.6 is 0 Å². The second-order valence-corrected chi connectivity index (χ2v) is 4.95. The lowest BCUT2D eigenvalue weighted by Gasteiger charge is -2.19. The van der Waals surface area contributed by atoms with Gasteiger partial charge in [0.25, 0.3) is 0 Å². The molecule has 2 aromatic rings. The van der Waals surface area contributed by atoms with Crippen LogP contribution in [0.3, 0.4) is 0 Å². The van der Waals surface area contributed by atoms with Gasteiger partial charge in [-0.2, -0.15) is 0 Å². The standard InChI is InChI=1S/C16H19N3/c1-17-11-14-6-4-7-15(18-14)12-19-10-9-13-5-2-3-8-16(13)19/h2-8,17H,9-12H2,1H3. The molecule has 0 saturated carbocycles. The monoisotopic (exact) mass is 253 g/mol. The Morgan fingerprint density at radius 3 is 2.84 bits per heavy atom. The van der Waals surface area contributed by atoms with Gasteiger partial charge >= 0.3 is 0 Å². The minimum Gasteiger partial charge on any atom is -0.365 e. The Morgan fingerprint density at radius 1 is 1.11 bits per heavy atom. The molecular weight excluding hydrogens is 234 g/mol. The smallest absolute Gasteiger partial charge is 0.0602 e. The van der Waals surface area contributed by atoms with Crippen molar-refractivity contribution in [3.8, 4) is 0 Å². The number of hydrogen-bond donors (Lipinski definition) is 1. The average Bonchev–Trinajstić information content (AvgIpc) is 2.83. The molecular formula is C16H19N3. The van der Waals surface area contributed by atoms with Crippen molar-refractivity contribution in [1.29, 1.82) is 0 Å². The number of hydrogen-bond acceptors (Lipinski definition) is 3. The van der Waals surface area contributed by atoms with E-state index in [1.807, 2.05) is 7.05 Å². The second kappa shape index (κ2) is 5.41. The van der Waals surface area contributed by atoms with Crippen LogP contribution in [0.2, 0.25) is 0 Å². The third-order valence-electron chi connectivity index (χ3n) is 3.56. The number of rotatable bonds is 4. The second-order valence-electron chi connectivity index (χ2n) is 4.95. The van der Waals surface area contributed by atoms with Crippen LogP contribution in [0.25, 0.3) is 0 Å². The Balaban J connectivity index is 1.77. The van der Waals surface area contributed by atoms with Crippen molar-refractivity contribution in [3.63, 3.8) is 0 Å². The van der Waals surface area contributed by atoms with E-state index in [-0.39, 0.29) is 0 Å². The molecule has 3 rings (SSSR count). The zero-order valence-electron chi connectivity index (χ0n) is 11.3. The summed E-state index contributed by atoms with van der Waals surface area (Å²) in [4.78, 5) is 7.11. The summed E-state index contributed by atoms with van der Waals surface area (Å²) in [6.45, 7) is 2.82. The van der Waals surface area contributed by atoms with Gasteiger partial charge in [-0.05, 0) is 37.2 Å². The zero-order valence-corrected chi connectivity index (χ0v) is 11.3. The van der Waals surface area contributed by atoms with Gasteiger partial charge in [0.2, 0.25) is 0 Å². The number of nitrogens with one attached hydrogen (secondary N) is 1. The van der Waals surface area contributed by atoms with Crippen LogP contribution in [-0.4, -0.2) is 18.6 Å². The third-order valence-corrected chi connectivity index (χ3v) is 3.56. The Kier molecular flexibility index (Phi) is 3.47. The normalized spacial score (nSPS) is 13.6. The SMILES string of the molecule is CNCc1cccc(CN2CCc3ccccc32)n1. The van der Waals surface area contributed by atoms with Gasteiger partial charge in [-0.15, -0.1) is 0 Å². The quantitative estimate of drug-likeness (QED) is 0.906. The van der Waals surface area contributed by atoms with E-state index in [4.69, 9.17) is 4.98 Å². The summed E-state index contributed by atoms with van der Waals surface area (Å²) in [5.74, 6) is 0. The number of benzene rings is 1. The maximum absolute atomic E-state index is 4.69. The van der Waals surface area contributed by atoms with E-state index < -0.39 is 0 Å². The molecule has 0 radical (unpaired) electrons. The summed E-state index contributed by atoms with van der Waals surface area (Å²) in [6.07, 6.45) is 1.15. The van der Waals surface area contributed by atoms with Crippen molar-refractivity contribution in [2.75, 3.05) is 18.5 Å². The molecule has 0 aliphatic carbocycles. The number of fused-ring (bicyclic) bond motifs is 1. The number of anilines is 1. The highest BCUT2D eigenvalue weighted by Gasteiger charge is 2.18. The van der Waals surface area contributed by atoms with Crippen LogP contribution in [0.4, 0.5) is 5.69 Å². The van der Waals surface area contributed by atoms with Gasteiger partial charge in [0.05, 0.1) is 17.9 Å². The zero-order chi connectivity index (χ0) is 13.1. The van der Waals surface area contributed by atoms with Gasteiger partial charge in [0.1, 0.15) is 0 Å². The summed E-state index contributed by atoms with van der Waals surface area (Å²) in [7, 11) is 1.95. The highest BCUT2D eigenvalue weighted by Crippen LogP contribution is 2.28. The molecule has 1 aliphatic heterocycles. The number of nitrogens with zero attached hydrogens (tertiary/aromatic N) is 2. The molecule has 0 amide bonds. The van der Waals surface area contributed by atoms with E-state index in [9.17, 15) is 0 Å².